The molecule has 0 fully saturated rings. The van der Waals surface area contributed by atoms with E-state index in [0.717, 1.165) is 25.7 Å². The predicted octanol–water partition coefficient (Wildman–Crippen LogP) is 3.98. The molecule has 0 aromatic heterocycles. The molecule has 0 aliphatic carbocycles. The minimum atomic E-state index is -2.18. The highest BCUT2D eigenvalue weighted by molar-refractivity contribution is 6.26. The molecule has 1 aromatic rings. The van der Waals surface area contributed by atoms with Gasteiger partial charge in [-0.05, 0) is 18.6 Å². The first kappa shape index (κ1) is 18.1. The maximum absolute atomic E-state index is 12.7. The number of carbonyl (C=O) groups excluding carboxylic acids is 2. The summed E-state index contributed by atoms with van der Waals surface area (Å²) in [4.78, 5) is 36.0. The van der Waals surface area contributed by atoms with Crippen LogP contribution in [-0.4, -0.2) is 22.2 Å². The van der Waals surface area contributed by atoms with Crippen molar-refractivity contribution in [3.05, 3.63) is 39.9 Å². The quantitative estimate of drug-likeness (QED) is 0.320. The lowest BCUT2D eigenvalue weighted by Crippen LogP contribution is -2.58. The summed E-state index contributed by atoms with van der Waals surface area (Å²) in [7, 11) is 0. The van der Waals surface area contributed by atoms with Crippen LogP contribution in [0.3, 0.4) is 0 Å². The zero-order valence-corrected chi connectivity index (χ0v) is 14.0. The van der Waals surface area contributed by atoms with E-state index in [1.807, 2.05) is 0 Å². The smallest absolute Gasteiger partial charge is 0.319 e. The summed E-state index contributed by atoms with van der Waals surface area (Å²) in [6.45, 7) is 2.14. The zero-order chi connectivity index (χ0) is 17.6. The van der Waals surface area contributed by atoms with Gasteiger partial charge < -0.3 is 5.32 Å². The van der Waals surface area contributed by atoms with Gasteiger partial charge in [-0.2, -0.15) is 0 Å². The van der Waals surface area contributed by atoms with Gasteiger partial charge in [-0.25, -0.2) is 0 Å². The Morgan fingerprint density at radius 1 is 1.04 bits per heavy atom. The van der Waals surface area contributed by atoms with Gasteiger partial charge in [0, 0.05) is 16.9 Å². The van der Waals surface area contributed by atoms with E-state index in [1.165, 1.54) is 18.9 Å². The number of carbonyl (C=O) groups is 2. The Morgan fingerprint density at radius 3 is 2.33 bits per heavy atom. The Balaban J connectivity index is 2.06. The van der Waals surface area contributed by atoms with Gasteiger partial charge in [0.2, 0.25) is 0 Å². The van der Waals surface area contributed by atoms with Gasteiger partial charge in [0.1, 0.15) is 0 Å². The molecule has 1 N–H and O–H groups in total. The number of nitro groups is 1. The summed E-state index contributed by atoms with van der Waals surface area (Å²) < 4.78 is 0. The fourth-order valence-electron chi connectivity index (χ4n) is 3.16. The number of anilines is 1. The highest BCUT2D eigenvalue weighted by Gasteiger charge is 2.60. The van der Waals surface area contributed by atoms with Gasteiger partial charge >= 0.3 is 11.4 Å². The lowest BCUT2D eigenvalue weighted by molar-refractivity contribution is -0.534. The third-order valence-corrected chi connectivity index (χ3v) is 4.62. The summed E-state index contributed by atoms with van der Waals surface area (Å²) in [5.74, 6) is -1.51. The number of fused-ring (bicyclic) bond motifs is 1. The van der Waals surface area contributed by atoms with Crippen LogP contribution in [0.5, 0.6) is 0 Å². The van der Waals surface area contributed by atoms with Crippen molar-refractivity contribution in [1.82, 2.24) is 0 Å². The second-order valence-corrected chi connectivity index (χ2v) is 6.32. The molecule has 1 heterocycles. The number of nitrogens with one attached hydrogen (secondary N) is 1. The van der Waals surface area contributed by atoms with Gasteiger partial charge in [-0.1, -0.05) is 57.6 Å². The van der Waals surface area contributed by atoms with Crippen molar-refractivity contribution in [2.75, 3.05) is 5.32 Å². The highest BCUT2D eigenvalue weighted by Crippen LogP contribution is 2.33. The largest absolute Gasteiger partial charge is 0.360 e. The van der Waals surface area contributed by atoms with Gasteiger partial charge in [-0.3, -0.25) is 19.7 Å². The summed E-state index contributed by atoms with van der Waals surface area (Å²) >= 11 is 0. The second-order valence-electron chi connectivity index (χ2n) is 6.32. The van der Waals surface area contributed by atoms with Crippen LogP contribution in [0.25, 0.3) is 0 Å². The third kappa shape index (κ3) is 3.47. The number of amides is 1. The fourth-order valence-corrected chi connectivity index (χ4v) is 3.16. The van der Waals surface area contributed by atoms with E-state index in [2.05, 4.69) is 12.2 Å². The summed E-state index contributed by atoms with van der Waals surface area (Å²) in [6.07, 6.45) is 6.81. The molecule has 6 heteroatoms. The number of Topliss-reactive ketones (excluding diaryl/α,β-unsaturated/α-hetero) is 1. The predicted molar refractivity (Wildman–Crippen MR) is 91.7 cm³/mol. The highest BCUT2D eigenvalue weighted by atomic mass is 16.6. The molecule has 0 radical (unpaired) electrons. The van der Waals surface area contributed by atoms with Gasteiger partial charge in [0.15, 0.2) is 0 Å². The molecule has 0 spiro atoms. The van der Waals surface area contributed by atoms with Crippen LogP contribution < -0.4 is 5.32 Å². The molecule has 1 aliphatic heterocycles. The molecule has 130 valence electrons. The first-order valence-corrected chi connectivity index (χ1v) is 8.64. The molecule has 0 bridgehead atoms. The zero-order valence-electron chi connectivity index (χ0n) is 14.0. The standard InChI is InChI=1S/C18H24N2O4/c1-2-3-4-5-6-7-10-13-18(20(23)24)16(21)14-11-8-9-12-15(14)19-17(18)22/h8-9,11-12H,2-7,10,13H2,1H3,(H,19,22). The molecule has 1 unspecified atom stereocenters. The second kappa shape index (κ2) is 8.04. The molecule has 2 rings (SSSR count). The van der Waals surface area contributed by atoms with E-state index in [1.54, 1.807) is 18.2 Å². The van der Waals surface area contributed by atoms with E-state index in [-0.39, 0.29) is 12.0 Å². The van der Waals surface area contributed by atoms with Crippen molar-refractivity contribution in [2.45, 2.75) is 63.8 Å². The Labute approximate surface area is 141 Å². The van der Waals surface area contributed by atoms with Crippen molar-refractivity contribution < 1.29 is 14.5 Å². The van der Waals surface area contributed by atoms with E-state index >= 15 is 0 Å². The lowest BCUT2D eigenvalue weighted by atomic mass is 9.80. The molecule has 6 nitrogen and oxygen atoms in total. The van der Waals surface area contributed by atoms with Crippen LogP contribution in [0.15, 0.2) is 24.3 Å². The monoisotopic (exact) mass is 332 g/mol. The van der Waals surface area contributed by atoms with Crippen LogP contribution in [0.1, 0.15) is 68.6 Å². The van der Waals surface area contributed by atoms with Gasteiger partial charge in [0.05, 0.1) is 5.69 Å². The number of nitrogens with zero attached hydrogens (tertiary/aromatic N) is 1. The molecule has 0 saturated carbocycles. The minimum Gasteiger partial charge on any atom is -0.319 e. The third-order valence-electron chi connectivity index (χ3n) is 4.62. The molecule has 1 amide bonds. The average molecular weight is 332 g/mol. The molecule has 24 heavy (non-hydrogen) atoms. The Bertz CT molecular complexity index is 629. The van der Waals surface area contributed by atoms with Crippen LogP contribution >= 0.6 is 0 Å². The Morgan fingerprint density at radius 2 is 1.67 bits per heavy atom. The first-order valence-electron chi connectivity index (χ1n) is 8.64. The van der Waals surface area contributed by atoms with Crippen molar-refractivity contribution in [3.8, 4) is 0 Å². The fraction of sp³-hybridized carbons (Fsp3) is 0.556. The van der Waals surface area contributed by atoms with E-state index < -0.39 is 22.2 Å². The average Bonchev–Trinajstić information content (AvgIpc) is 2.56. The molecule has 1 aliphatic rings. The van der Waals surface area contributed by atoms with E-state index in [4.69, 9.17) is 0 Å². The van der Waals surface area contributed by atoms with E-state index in [0.29, 0.717) is 12.1 Å². The topological polar surface area (TPSA) is 89.3 Å². The summed E-state index contributed by atoms with van der Waals surface area (Å²) in [6, 6.07) is 6.44. The maximum Gasteiger partial charge on any atom is 0.360 e. The van der Waals surface area contributed by atoms with Crippen LogP contribution in [-0.2, 0) is 4.79 Å². The van der Waals surface area contributed by atoms with Crippen molar-refractivity contribution in [3.63, 3.8) is 0 Å². The number of benzene rings is 1. The van der Waals surface area contributed by atoms with Gasteiger partial charge in [-0.15, -0.1) is 0 Å². The Kier molecular flexibility index (Phi) is 6.06. The lowest BCUT2D eigenvalue weighted by Gasteiger charge is -2.28. The molecule has 0 saturated heterocycles. The SMILES string of the molecule is CCCCCCCCCC1([N+](=O)[O-])C(=O)Nc2ccccc2C1=O. The normalized spacial score (nSPS) is 19.7. The maximum atomic E-state index is 12.7. The number of para-hydroxylation sites is 1. The first-order chi connectivity index (χ1) is 11.5. The summed E-state index contributed by atoms with van der Waals surface area (Å²) in [5, 5.41) is 14.2. The minimum absolute atomic E-state index is 0.0488. The molecule has 1 atom stereocenters. The number of hydrogen-bond donors (Lipinski definition) is 1. The van der Waals surface area contributed by atoms with Crippen molar-refractivity contribution in [2.24, 2.45) is 0 Å². The number of hydrogen-bond acceptors (Lipinski definition) is 4. The number of rotatable bonds is 9. The van der Waals surface area contributed by atoms with Gasteiger partial charge in [0.25, 0.3) is 5.78 Å². The molecule has 1 aromatic carbocycles. The van der Waals surface area contributed by atoms with Crippen molar-refractivity contribution >= 4 is 17.4 Å². The van der Waals surface area contributed by atoms with Crippen molar-refractivity contribution in [1.29, 1.82) is 0 Å². The Hall–Kier alpha value is -2.24. The van der Waals surface area contributed by atoms with Crippen LogP contribution in [0.2, 0.25) is 0 Å². The molecular formula is C18H24N2O4. The number of ketones is 1. The number of unbranched alkanes of at least 4 members (excludes halogenated alkanes) is 6. The van der Waals surface area contributed by atoms with E-state index in [9.17, 15) is 19.7 Å². The summed E-state index contributed by atoms with van der Waals surface area (Å²) in [5.41, 5.74) is -1.61. The van der Waals surface area contributed by atoms with Crippen LogP contribution in [0, 0.1) is 10.1 Å². The van der Waals surface area contributed by atoms with Crippen LogP contribution in [0.4, 0.5) is 5.69 Å². The molecular weight excluding hydrogens is 308 g/mol.